The highest BCUT2D eigenvalue weighted by Gasteiger charge is 2.60. The lowest BCUT2D eigenvalue weighted by Gasteiger charge is -2.58. The van der Waals surface area contributed by atoms with Crippen LogP contribution >= 0.6 is 0 Å². The molecule has 1 saturated heterocycles. The fourth-order valence-corrected chi connectivity index (χ4v) is 6.93. The summed E-state index contributed by atoms with van der Waals surface area (Å²) in [6.45, 7) is 6.28. The number of ether oxygens (including phenoxy) is 1. The number of allylic oxidation sites excluding steroid dienone is 2. The number of carbonyl (C=O) groups is 2. The van der Waals surface area contributed by atoms with Gasteiger partial charge in [-0.1, -0.05) is 19.9 Å². The average Bonchev–Trinajstić information content (AvgIpc) is 2.88. The van der Waals surface area contributed by atoms with Crippen LogP contribution in [-0.2, 0) is 14.3 Å². The summed E-state index contributed by atoms with van der Waals surface area (Å²) in [4.78, 5) is 25.6. The van der Waals surface area contributed by atoms with Gasteiger partial charge in [0.2, 0.25) is 5.91 Å². The predicted molar refractivity (Wildman–Crippen MR) is 95.4 cm³/mol. The third-order valence-electron chi connectivity index (χ3n) is 8.24. The van der Waals surface area contributed by atoms with Crippen molar-refractivity contribution < 1.29 is 14.3 Å². The molecule has 4 heteroatoms. The van der Waals surface area contributed by atoms with E-state index in [0.717, 1.165) is 25.7 Å². The first-order valence-corrected chi connectivity index (χ1v) is 9.92. The van der Waals surface area contributed by atoms with E-state index in [1.807, 2.05) is 11.9 Å². The number of esters is 1. The predicted octanol–water partition coefficient (Wildman–Crippen LogP) is 3.91. The van der Waals surface area contributed by atoms with Crippen molar-refractivity contribution in [3.8, 4) is 0 Å². The van der Waals surface area contributed by atoms with E-state index in [4.69, 9.17) is 4.74 Å². The van der Waals surface area contributed by atoms with Gasteiger partial charge in [-0.05, 0) is 56.3 Å². The minimum absolute atomic E-state index is 0.0877. The molecule has 25 heavy (non-hydrogen) atoms. The molecule has 3 fully saturated rings. The molecule has 0 spiro atoms. The lowest BCUT2D eigenvalue weighted by atomic mass is 9.49. The molecule has 1 aliphatic heterocycles. The van der Waals surface area contributed by atoms with E-state index in [2.05, 4.69) is 19.9 Å². The highest BCUT2D eigenvalue weighted by atomic mass is 16.5. The lowest BCUT2D eigenvalue weighted by Crippen LogP contribution is -2.54. The molecule has 4 nitrogen and oxygen atoms in total. The van der Waals surface area contributed by atoms with Crippen LogP contribution < -0.4 is 0 Å². The van der Waals surface area contributed by atoms with E-state index in [1.165, 1.54) is 25.5 Å². The summed E-state index contributed by atoms with van der Waals surface area (Å²) < 4.78 is 5.72. The maximum Gasteiger partial charge on any atom is 0.302 e. The molecule has 138 valence electrons. The highest BCUT2D eigenvalue weighted by molar-refractivity contribution is 5.79. The average molecular weight is 345 g/mol. The van der Waals surface area contributed by atoms with E-state index >= 15 is 0 Å². The van der Waals surface area contributed by atoms with Gasteiger partial charge in [-0.3, -0.25) is 9.59 Å². The SMILES string of the molecule is CC(=O)OC1CCC2C3CC=C4N(C)C(=O)CCC4(C)C3CCC12C. The number of hydrogen-bond donors (Lipinski definition) is 0. The Morgan fingerprint density at radius 1 is 1.20 bits per heavy atom. The van der Waals surface area contributed by atoms with Gasteiger partial charge in [-0.25, -0.2) is 0 Å². The Morgan fingerprint density at radius 3 is 2.68 bits per heavy atom. The van der Waals surface area contributed by atoms with E-state index in [9.17, 15) is 9.59 Å². The van der Waals surface area contributed by atoms with Crippen molar-refractivity contribution in [3.63, 3.8) is 0 Å². The van der Waals surface area contributed by atoms with Gasteiger partial charge in [0.15, 0.2) is 0 Å². The summed E-state index contributed by atoms with van der Waals surface area (Å²) in [6.07, 6.45) is 9.67. The van der Waals surface area contributed by atoms with Crippen LogP contribution in [0.5, 0.6) is 0 Å². The van der Waals surface area contributed by atoms with E-state index in [0.29, 0.717) is 24.2 Å². The summed E-state index contributed by atoms with van der Waals surface area (Å²) in [5.41, 5.74) is 1.53. The quantitative estimate of drug-likeness (QED) is 0.677. The molecule has 0 aromatic heterocycles. The number of carbonyl (C=O) groups excluding carboxylic acids is 2. The van der Waals surface area contributed by atoms with Gasteiger partial charge < -0.3 is 9.64 Å². The van der Waals surface area contributed by atoms with Gasteiger partial charge in [-0.15, -0.1) is 0 Å². The van der Waals surface area contributed by atoms with Crippen molar-refractivity contribution in [3.05, 3.63) is 11.8 Å². The normalized spacial score (nSPS) is 46.0. The number of amides is 1. The van der Waals surface area contributed by atoms with Crippen LogP contribution in [0, 0.1) is 28.6 Å². The Bertz CT molecular complexity index is 641. The molecule has 0 aromatic rings. The zero-order valence-corrected chi connectivity index (χ0v) is 16.0. The van der Waals surface area contributed by atoms with Crippen LogP contribution in [0.3, 0.4) is 0 Å². The molecule has 6 atom stereocenters. The number of rotatable bonds is 1. The van der Waals surface area contributed by atoms with E-state index in [1.54, 1.807) is 0 Å². The third-order valence-corrected chi connectivity index (χ3v) is 8.24. The van der Waals surface area contributed by atoms with Crippen molar-refractivity contribution in [2.45, 2.75) is 71.8 Å². The van der Waals surface area contributed by atoms with Gasteiger partial charge in [0.1, 0.15) is 6.10 Å². The first-order chi connectivity index (χ1) is 11.8. The Kier molecular flexibility index (Phi) is 3.82. The molecule has 1 amide bonds. The molecule has 6 unspecified atom stereocenters. The Hall–Kier alpha value is -1.32. The van der Waals surface area contributed by atoms with Gasteiger partial charge in [0.25, 0.3) is 0 Å². The summed E-state index contributed by atoms with van der Waals surface area (Å²) in [7, 11) is 1.95. The second-order valence-electron chi connectivity index (χ2n) is 9.29. The van der Waals surface area contributed by atoms with Gasteiger partial charge in [-0.2, -0.15) is 0 Å². The number of hydrogen-bond acceptors (Lipinski definition) is 3. The first kappa shape index (κ1) is 17.1. The molecule has 0 N–H and O–H groups in total. The molecular formula is C21H31NO3. The molecule has 1 heterocycles. The van der Waals surface area contributed by atoms with E-state index in [-0.39, 0.29) is 28.8 Å². The molecule has 0 bridgehead atoms. The summed E-state index contributed by atoms with van der Waals surface area (Å²) >= 11 is 0. The van der Waals surface area contributed by atoms with Gasteiger partial charge in [0, 0.05) is 36.9 Å². The van der Waals surface area contributed by atoms with Crippen molar-refractivity contribution >= 4 is 11.9 Å². The number of likely N-dealkylation sites (tertiary alicyclic amines) is 1. The van der Waals surface area contributed by atoms with Crippen LogP contribution in [0.1, 0.15) is 65.7 Å². The van der Waals surface area contributed by atoms with Crippen molar-refractivity contribution in [1.82, 2.24) is 4.90 Å². The van der Waals surface area contributed by atoms with Crippen LogP contribution in [-0.4, -0.2) is 29.9 Å². The van der Waals surface area contributed by atoms with E-state index < -0.39 is 0 Å². The topological polar surface area (TPSA) is 46.6 Å². The molecule has 3 aliphatic carbocycles. The molecule has 4 rings (SSSR count). The van der Waals surface area contributed by atoms with Crippen LogP contribution in [0.2, 0.25) is 0 Å². The lowest BCUT2D eigenvalue weighted by molar-refractivity contribution is -0.157. The molecular weight excluding hydrogens is 314 g/mol. The first-order valence-electron chi connectivity index (χ1n) is 9.92. The Morgan fingerprint density at radius 2 is 1.96 bits per heavy atom. The minimum Gasteiger partial charge on any atom is -0.462 e. The number of nitrogens with zero attached hydrogens (tertiary/aromatic N) is 1. The Labute approximate surface area is 151 Å². The fraction of sp³-hybridized carbons (Fsp3) is 0.810. The molecule has 4 aliphatic rings. The fourth-order valence-electron chi connectivity index (χ4n) is 6.93. The van der Waals surface area contributed by atoms with Crippen LogP contribution in [0.25, 0.3) is 0 Å². The summed E-state index contributed by atoms with van der Waals surface area (Å²) in [5.74, 6) is 2.07. The van der Waals surface area contributed by atoms with Gasteiger partial charge in [0.05, 0.1) is 0 Å². The summed E-state index contributed by atoms with van der Waals surface area (Å²) in [5, 5.41) is 0. The second-order valence-corrected chi connectivity index (χ2v) is 9.29. The van der Waals surface area contributed by atoms with Crippen molar-refractivity contribution in [2.75, 3.05) is 7.05 Å². The smallest absolute Gasteiger partial charge is 0.302 e. The van der Waals surface area contributed by atoms with Crippen molar-refractivity contribution in [1.29, 1.82) is 0 Å². The van der Waals surface area contributed by atoms with Crippen LogP contribution in [0.4, 0.5) is 0 Å². The highest BCUT2D eigenvalue weighted by Crippen LogP contribution is 2.64. The minimum atomic E-state index is -0.140. The molecule has 2 saturated carbocycles. The van der Waals surface area contributed by atoms with Crippen molar-refractivity contribution in [2.24, 2.45) is 28.6 Å². The maximum atomic E-state index is 12.2. The maximum absolute atomic E-state index is 12.2. The largest absolute Gasteiger partial charge is 0.462 e. The molecule has 0 aromatic carbocycles. The number of piperidine rings is 1. The third kappa shape index (κ3) is 2.32. The molecule has 0 radical (unpaired) electrons. The van der Waals surface area contributed by atoms with Crippen LogP contribution in [0.15, 0.2) is 11.8 Å². The summed E-state index contributed by atoms with van der Waals surface area (Å²) in [6, 6.07) is 0. The Balaban J connectivity index is 1.65. The zero-order valence-electron chi connectivity index (χ0n) is 16.0. The second kappa shape index (κ2) is 5.59. The monoisotopic (exact) mass is 345 g/mol. The standard InChI is InChI=1S/C21H31NO3/c1-13(23)25-18-8-6-15-14-5-7-17-20(2,12-10-19(24)22(17)4)16(14)9-11-21(15,18)3/h7,14-16,18H,5-6,8-12H2,1-4H3. The zero-order chi connectivity index (χ0) is 18.0. The van der Waals surface area contributed by atoms with Gasteiger partial charge >= 0.3 is 5.97 Å². The number of fused-ring (bicyclic) bond motifs is 5.